The minimum Gasteiger partial charge on any atom is -0.383 e. The number of likely N-dealkylation sites (tertiary alicyclic amines) is 1. The van der Waals surface area contributed by atoms with Crippen LogP contribution in [0, 0.1) is 0 Å². The van der Waals surface area contributed by atoms with E-state index in [4.69, 9.17) is 4.74 Å². The molecule has 1 amide bonds. The first kappa shape index (κ1) is 23.1. The van der Waals surface area contributed by atoms with Crippen LogP contribution >= 0.6 is 0 Å². The number of benzene rings is 1. The summed E-state index contributed by atoms with van der Waals surface area (Å²) in [6.45, 7) is 1.62. The lowest BCUT2D eigenvalue weighted by Crippen LogP contribution is -2.29. The van der Waals surface area contributed by atoms with E-state index in [1.54, 1.807) is 42.3 Å². The fraction of sp³-hybridized carbons (Fsp3) is 0.476. The van der Waals surface area contributed by atoms with Gasteiger partial charge in [-0.15, -0.1) is 0 Å². The summed E-state index contributed by atoms with van der Waals surface area (Å²) >= 11 is 0. The van der Waals surface area contributed by atoms with Crippen LogP contribution in [0.25, 0.3) is 0 Å². The molecule has 10 heteroatoms. The van der Waals surface area contributed by atoms with Crippen LogP contribution in [0.15, 0.2) is 41.3 Å². The van der Waals surface area contributed by atoms with Gasteiger partial charge >= 0.3 is 0 Å². The maximum atomic E-state index is 12.9. The molecular formula is C21H29N5O4S. The molecule has 0 unspecified atom stereocenters. The van der Waals surface area contributed by atoms with Gasteiger partial charge in [0.25, 0.3) is 0 Å². The smallest absolute Gasteiger partial charge is 0.243 e. The molecule has 168 valence electrons. The second kappa shape index (κ2) is 9.71. The first-order valence-corrected chi connectivity index (χ1v) is 11.5. The number of methoxy groups -OCH3 is 1. The summed E-state index contributed by atoms with van der Waals surface area (Å²) < 4.78 is 32.1. The Hall–Kier alpha value is -2.56. The molecule has 1 saturated heterocycles. The lowest BCUT2D eigenvalue weighted by molar-refractivity contribution is -0.128. The van der Waals surface area contributed by atoms with E-state index >= 15 is 0 Å². The van der Waals surface area contributed by atoms with Gasteiger partial charge < -0.3 is 14.5 Å². The Morgan fingerprint density at radius 2 is 1.87 bits per heavy atom. The highest BCUT2D eigenvalue weighted by molar-refractivity contribution is 7.89. The van der Waals surface area contributed by atoms with Crippen LogP contribution < -0.4 is 4.90 Å². The number of hydrogen-bond acceptors (Lipinski definition) is 7. The molecule has 1 aliphatic heterocycles. The maximum absolute atomic E-state index is 12.9. The Balaban J connectivity index is 1.85. The number of carbonyl (C=O) groups excluding carboxylic acids is 1. The summed E-state index contributed by atoms with van der Waals surface area (Å²) in [7, 11) is 3.19. The fourth-order valence-electron chi connectivity index (χ4n) is 3.46. The summed E-state index contributed by atoms with van der Waals surface area (Å²) in [6.07, 6.45) is 0.366. The zero-order valence-corrected chi connectivity index (χ0v) is 19.2. The predicted molar refractivity (Wildman–Crippen MR) is 117 cm³/mol. The van der Waals surface area contributed by atoms with Gasteiger partial charge in [0.05, 0.1) is 23.7 Å². The third-order valence-corrected chi connectivity index (χ3v) is 7.07. The van der Waals surface area contributed by atoms with Gasteiger partial charge in [0.15, 0.2) is 0 Å². The summed E-state index contributed by atoms with van der Waals surface area (Å²) in [5, 5.41) is 0. The average Bonchev–Trinajstić information content (AvgIpc) is 3.13. The normalized spacial score (nSPS) is 16.9. The maximum Gasteiger partial charge on any atom is 0.243 e. The lowest BCUT2D eigenvalue weighted by atomic mass is 10.0. The van der Waals surface area contributed by atoms with Crippen LogP contribution in [0.3, 0.4) is 0 Å². The van der Waals surface area contributed by atoms with Crippen molar-refractivity contribution in [2.75, 3.05) is 52.8 Å². The molecule has 3 rings (SSSR count). The van der Waals surface area contributed by atoms with Gasteiger partial charge in [0.1, 0.15) is 11.6 Å². The molecule has 1 aromatic carbocycles. The molecular weight excluding hydrogens is 418 g/mol. The zero-order valence-electron chi connectivity index (χ0n) is 18.4. The number of rotatable bonds is 9. The third-order valence-electron chi connectivity index (χ3n) is 5.25. The van der Waals surface area contributed by atoms with Crippen molar-refractivity contribution in [3.63, 3.8) is 0 Å². The third kappa shape index (κ3) is 5.38. The Kier molecular flexibility index (Phi) is 7.24. The fourth-order valence-corrected chi connectivity index (χ4v) is 4.60. The molecule has 2 heterocycles. The van der Waals surface area contributed by atoms with Crippen molar-refractivity contribution < 1.29 is 17.9 Å². The summed E-state index contributed by atoms with van der Waals surface area (Å²) in [6, 6.07) is 10.1. The van der Waals surface area contributed by atoms with E-state index in [1.165, 1.54) is 11.4 Å². The largest absolute Gasteiger partial charge is 0.383 e. The lowest BCUT2D eigenvalue weighted by Gasteiger charge is -2.20. The first-order chi connectivity index (χ1) is 14.7. The number of amides is 1. The van der Waals surface area contributed by atoms with Crippen molar-refractivity contribution in [3.05, 3.63) is 47.9 Å². The highest BCUT2D eigenvalue weighted by Gasteiger charge is 2.32. The van der Waals surface area contributed by atoms with Gasteiger partial charge in [-0.3, -0.25) is 4.79 Å². The van der Waals surface area contributed by atoms with Crippen LogP contribution in [0.4, 0.5) is 5.82 Å². The predicted octanol–water partition coefficient (Wildman–Crippen LogP) is 1.33. The van der Waals surface area contributed by atoms with Crippen molar-refractivity contribution in [2.45, 2.75) is 23.8 Å². The molecule has 31 heavy (non-hydrogen) atoms. The molecule has 1 fully saturated rings. The van der Waals surface area contributed by atoms with E-state index < -0.39 is 10.0 Å². The van der Waals surface area contributed by atoms with Crippen molar-refractivity contribution in [1.29, 1.82) is 0 Å². The second-order valence-electron chi connectivity index (χ2n) is 7.77. The van der Waals surface area contributed by atoms with E-state index in [-0.39, 0.29) is 23.3 Å². The van der Waals surface area contributed by atoms with E-state index in [9.17, 15) is 13.2 Å². The molecule has 2 aromatic rings. The van der Waals surface area contributed by atoms with Gasteiger partial charge in [-0.05, 0) is 12.1 Å². The van der Waals surface area contributed by atoms with Crippen molar-refractivity contribution in [2.24, 2.45) is 0 Å². The average molecular weight is 448 g/mol. The minimum absolute atomic E-state index is 0.0277. The molecule has 0 spiro atoms. The quantitative estimate of drug-likeness (QED) is 0.572. The summed E-state index contributed by atoms with van der Waals surface area (Å²) in [5.41, 5.74) is 0.743. The van der Waals surface area contributed by atoms with E-state index in [0.717, 1.165) is 5.69 Å². The molecule has 0 aliphatic carbocycles. The van der Waals surface area contributed by atoms with Crippen LogP contribution in [0.5, 0.6) is 0 Å². The molecule has 1 aromatic heterocycles. The standard InChI is InChI=1S/C21H29N5O4S/c1-24(2)20-13-18(16-12-21(27)26(14-16)10-11-30-4)22-19(23-20)15-25(3)31(28,29)17-8-6-5-7-9-17/h5-9,13,16H,10-12,14-15H2,1-4H3/t16-/m0/s1. The monoisotopic (exact) mass is 447 g/mol. The second-order valence-corrected chi connectivity index (χ2v) is 9.81. The number of ether oxygens (including phenoxy) is 1. The number of anilines is 1. The highest BCUT2D eigenvalue weighted by atomic mass is 32.2. The van der Waals surface area contributed by atoms with E-state index in [2.05, 4.69) is 9.97 Å². The van der Waals surface area contributed by atoms with Crippen LogP contribution in [0.2, 0.25) is 0 Å². The minimum atomic E-state index is -3.67. The molecule has 9 nitrogen and oxygen atoms in total. The number of aromatic nitrogens is 2. The molecule has 0 saturated carbocycles. The molecule has 0 radical (unpaired) electrons. The van der Waals surface area contributed by atoms with Gasteiger partial charge in [0.2, 0.25) is 15.9 Å². The Morgan fingerprint density at radius 1 is 1.16 bits per heavy atom. The number of carbonyl (C=O) groups is 1. The SMILES string of the molecule is COCCN1C[C@@H](c2cc(N(C)C)nc(CN(C)S(=O)(=O)c3ccccc3)n2)CC1=O. The van der Waals surface area contributed by atoms with Crippen molar-refractivity contribution >= 4 is 21.7 Å². The molecule has 1 aliphatic rings. The Morgan fingerprint density at radius 3 is 2.52 bits per heavy atom. The topological polar surface area (TPSA) is 95.9 Å². The highest BCUT2D eigenvalue weighted by Crippen LogP contribution is 2.29. The van der Waals surface area contributed by atoms with E-state index in [0.29, 0.717) is 37.8 Å². The summed E-state index contributed by atoms with van der Waals surface area (Å²) in [4.78, 5) is 25.4. The Bertz CT molecular complexity index is 1010. The van der Waals surface area contributed by atoms with Gasteiger partial charge in [0, 0.05) is 59.7 Å². The van der Waals surface area contributed by atoms with Crippen LogP contribution in [0.1, 0.15) is 23.9 Å². The van der Waals surface area contributed by atoms with Gasteiger partial charge in [-0.1, -0.05) is 18.2 Å². The number of sulfonamides is 1. The molecule has 0 bridgehead atoms. The van der Waals surface area contributed by atoms with Crippen molar-refractivity contribution in [1.82, 2.24) is 19.2 Å². The van der Waals surface area contributed by atoms with E-state index in [1.807, 2.05) is 25.1 Å². The van der Waals surface area contributed by atoms with Gasteiger partial charge in [-0.25, -0.2) is 18.4 Å². The number of hydrogen-bond donors (Lipinski definition) is 0. The number of nitrogens with zero attached hydrogens (tertiary/aromatic N) is 5. The van der Waals surface area contributed by atoms with Crippen LogP contribution in [-0.4, -0.2) is 81.4 Å². The summed E-state index contributed by atoms with van der Waals surface area (Å²) in [5.74, 6) is 1.07. The Labute approximate surface area is 183 Å². The van der Waals surface area contributed by atoms with Crippen LogP contribution in [-0.2, 0) is 26.1 Å². The molecule has 1 atom stereocenters. The first-order valence-electron chi connectivity index (χ1n) is 10.1. The van der Waals surface area contributed by atoms with Crippen molar-refractivity contribution in [3.8, 4) is 0 Å². The molecule has 0 N–H and O–H groups in total. The zero-order chi connectivity index (χ0) is 22.6. The van der Waals surface area contributed by atoms with Gasteiger partial charge in [-0.2, -0.15) is 4.31 Å².